The van der Waals surface area contributed by atoms with Crippen LogP contribution in [0, 0.1) is 13.8 Å². The van der Waals surface area contributed by atoms with Gasteiger partial charge < -0.3 is 14.8 Å². The molecule has 108 valence electrons. The van der Waals surface area contributed by atoms with Crippen molar-refractivity contribution in [3.05, 3.63) is 59.1 Å². The van der Waals surface area contributed by atoms with E-state index in [4.69, 9.17) is 9.52 Å². The molecule has 0 aliphatic heterocycles. The first kappa shape index (κ1) is 14.6. The molecule has 5 heteroatoms. The number of rotatable bonds is 4. The van der Waals surface area contributed by atoms with Gasteiger partial charge in [0.25, 0.3) is 5.91 Å². The number of carboxylic acid groups (broad SMARTS) is 1. The second kappa shape index (κ2) is 6.09. The first-order valence-corrected chi connectivity index (χ1v) is 6.34. The van der Waals surface area contributed by atoms with E-state index in [1.54, 1.807) is 25.1 Å². The number of carbonyl (C=O) groups is 2. The van der Waals surface area contributed by atoms with Crippen molar-refractivity contribution in [1.82, 2.24) is 0 Å². The Morgan fingerprint density at radius 2 is 1.95 bits per heavy atom. The molecule has 5 nitrogen and oxygen atoms in total. The van der Waals surface area contributed by atoms with Crippen LogP contribution in [0.5, 0.6) is 0 Å². The van der Waals surface area contributed by atoms with Gasteiger partial charge in [-0.05, 0) is 43.2 Å². The summed E-state index contributed by atoms with van der Waals surface area (Å²) >= 11 is 0. The molecule has 0 spiro atoms. The lowest BCUT2D eigenvalue weighted by atomic mass is 10.1. The van der Waals surface area contributed by atoms with Gasteiger partial charge in [0.2, 0.25) is 0 Å². The second-order valence-electron chi connectivity index (χ2n) is 4.63. The number of aliphatic carboxylic acids is 1. The van der Waals surface area contributed by atoms with Crippen LogP contribution in [0.15, 0.2) is 41.0 Å². The third-order valence-corrected chi connectivity index (χ3v) is 3.00. The van der Waals surface area contributed by atoms with Crippen molar-refractivity contribution in [2.75, 3.05) is 5.32 Å². The summed E-state index contributed by atoms with van der Waals surface area (Å²) in [6.07, 6.45) is 3.98. The SMILES string of the molecule is Cc1ccc(C=CC(=O)O)cc1NC(=O)c1occc1C. The number of carbonyl (C=O) groups excluding carboxylic acids is 1. The van der Waals surface area contributed by atoms with Gasteiger partial charge in [0.15, 0.2) is 5.76 Å². The van der Waals surface area contributed by atoms with Gasteiger partial charge in [0, 0.05) is 17.3 Å². The summed E-state index contributed by atoms with van der Waals surface area (Å²) < 4.78 is 5.14. The van der Waals surface area contributed by atoms with Gasteiger partial charge in [0.1, 0.15) is 0 Å². The quantitative estimate of drug-likeness (QED) is 0.845. The van der Waals surface area contributed by atoms with E-state index in [1.807, 2.05) is 13.0 Å². The number of anilines is 1. The maximum absolute atomic E-state index is 12.1. The monoisotopic (exact) mass is 285 g/mol. The molecule has 0 aliphatic rings. The van der Waals surface area contributed by atoms with Gasteiger partial charge in [-0.1, -0.05) is 12.1 Å². The van der Waals surface area contributed by atoms with E-state index in [1.165, 1.54) is 12.3 Å². The molecule has 2 aromatic rings. The number of benzene rings is 1. The maximum atomic E-state index is 12.1. The Kier molecular flexibility index (Phi) is 4.23. The van der Waals surface area contributed by atoms with Crippen molar-refractivity contribution in [3.8, 4) is 0 Å². The molecule has 0 aliphatic carbocycles. The standard InChI is InChI=1S/C16H15NO4/c1-10-3-4-12(5-6-14(18)19)9-13(10)17-16(20)15-11(2)7-8-21-15/h3-9H,1-2H3,(H,17,20)(H,18,19). The molecule has 0 unspecified atom stereocenters. The first-order valence-electron chi connectivity index (χ1n) is 6.34. The lowest BCUT2D eigenvalue weighted by Gasteiger charge is -2.08. The van der Waals surface area contributed by atoms with Gasteiger partial charge in [-0.15, -0.1) is 0 Å². The number of amides is 1. The summed E-state index contributed by atoms with van der Waals surface area (Å²) in [5.41, 5.74) is 2.94. The largest absolute Gasteiger partial charge is 0.478 e. The van der Waals surface area contributed by atoms with E-state index < -0.39 is 5.97 Å². The molecule has 2 rings (SSSR count). The Balaban J connectivity index is 2.23. The van der Waals surface area contributed by atoms with E-state index in [0.29, 0.717) is 11.3 Å². The molecule has 0 atom stereocenters. The molecule has 0 saturated carbocycles. The Morgan fingerprint density at radius 1 is 1.19 bits per heavy atom. The van der Waals surface area contributed by atoms with Crippen LogP contribution in [-0.2, 0) is 4.79 Å². The van der Waals surface area contributed by atoms with E-state index >= 15 is 0 Å². The molecular formula is C16H15NO4. The van der Waals surface area contributed by atoms with Crippen LogP contribution in [-0.4, -0.2) is 17.0 Å². The number of nitrogens with one attached hydrogen (secondary N) is 1. The van der Waals surface area contributed by atoms with Crippen molar-refractivity contribution >= 4 is 23.6 Å². The highest BCUT2D eigenvalue weighted by atomic mass is 16.4. The minimum absolute atomic E-state index is 0.265. The first-order chi connectivity index (χ1) is 9.97. The summed E-state index contributed by atoms with van der Waals surface area (Å²) in [7, 11) is 0. The molecular weight excluding hydrogens is 270 g/mol. The summed E-state index contributed by atoms with van der Waals surface area (Å²) in [6.45, 7) is 3.65. The Bertz CT molecular complexity index is 713. The number of hydrogen-bond donors (Lipinski definition) is 2. The smallest absolute Gasteiger partial charge is 0.328 e. The molecule has 0 fully saturated rings. The highest BCUT2D eigenvalue weighted by Gasteiger charge is 2.13. The van der Waals surface area contributed by atoms with Crippen molar-refractivity contribution in [1.29, 1.82) is 0 Å². The van der Waals surface area contributed by atoms with Gasteiger partial charge in [-0.3, -0.25) is 4.79 Å². The topological polar surface area (TPSA) is 79.5 Å². The zero-order chi connectivity index (χ0) is 15.4. The van der Waals surface area contributed by atoms with Crippen LogP contribution in [0.25, 0.3) is 6.08 Å². The van der Waals surface area contributed by atoms with Crippen molar-refractivity contribution < 1.29 is 19.1 Å². The molecule has 1 aromatic heterocycles. The van der Waals surface area contributed by atoms with Crippen LogP contribution >= 0.6 is 0 Å². The van der Waals surface area contributed by atoms with Crippen molar-refractivity contribution in [2.45, 2.75) is 13.8 Å². The fourth-order valence-electron chi connectivity index (χ4n) is 1.83. The average Bonchev–Trinajstić information content (AvgIpc) is 2.86. The van der Waals surface area contributed by atoms with Crippen LogP contribution in [0.2, 0.25) is 0 Å². The van der Waals surface area contributed by atoms with Crippen LogP contribution in [0.4, 0.5) is 5.69 Å². The molecule has 21 heavy (non-hydrogen) atoms. The normalized spacial score (nSPS) is 10.8. The third-order valence-electron chi connectivity index (χ3n) is 3.00. The molecule has 1 heterocycles. The Hall–Kier alpha value is -2.82. The van der Waals surface area contributed by atoms with E-state index in [0.717, 1.165) is 17.2 Å². The highest BCUT2D eigenvalue weighted by Crippen LogP contribution is 2.20. The Morgan fingerprint density at radius 3 is 2.57 bits per heavy atom. The number of aryl methyl sites for hydroxylation is 2. The van der Waals surface area contributed by atoms with Crippen molar-refractivity contribution in [2.24, 2.45) is 0 Å². The third kappa shape index (κ3) is 3.60. The predicted molar refractivity (Wildman–Crippen MR) is 79.2 cm³/mol. The van der Waals surface area contributed by atoms with Gasteiger partial charge >= 0.3 is 5.97 Å². The number of carboxylic acids is 1. The van der Waals surface area contributed by atoms with E-state index in [2.05, 4.69) is 5.32 Å². The fraction of sp³-hybridized carbons (Fsp3) is 0.125. The minimum atomic E-state index is -1.02. The number of hydrogen-bond acceptors (Lipinski definition) is 3. The molecule has 0 saturated heterocycles. The predicted octanol–water partition coefficient (Wildman–Crippen LogP) is 3.25. The van der Waals surface area contributed by atoms with E-state index in [-0.39, 0.29) is 11.7 Å². The zero-order valence-corrected chi connectivity index (χ0v) is 11.7. The summed E-state index contributed by atoms with van der Waals surface area (Å²) in [5.74, 6) is -1.09. The molecule has 0 bridgehead atoms. The minimum Gasteiger partial charge on any atom is -0.478 e. The van der Waals surface area contributed by atoms with Crippen LogP contribution in [0.1, 0.15) is 27.2 Å². The lowest BCUT2D eigenvalue weighted by Crippen LogP contribution is -2.13. The fourth-order valence-corrected chi connectivity index (χ4v) is 1.83. The Labute approximate surface area is 121 Å². The van der Waals surface area contributed by atoms with Crippen LogP contribution in [0.3, 0.4) is 0 Å². The molecule has 2 N–H and O–H groups in total. The summed E-state index contributed by atoms with van der Waals surface area (Å²) in [4.78, 5) is 22.6. The molecule has 1 aromatic carbocycles. The van der Waals surface area contributed by atoms with E-state index in [9.17, 15) is 9.59 Å². The highest BCUT2D eigenvalue weighted by molar-refractivity contribution is 6.03. The maximum Gasteiger partial charge on any atom is 0.328 e. The van der Waals surface area contributed by atoms with Crippen LogP contribution < -0.4 is 5.32 Å². The second-order valence-corrected chi connectivity index (χ2v) is 4.63. The van der Waals surface area contributed by atoms with Gasteiger partial charge in [0.05, 0.1) is 6.26 Å². The zero-order valence-electron chi connectivity index (χ0n) is 11.7. The average molecular weight is 285 g/mol. The summed E-state index contributed by atoms with van der Waals surface area (Å²) in [6, 6.07) is 7.02. The van der Waals surface area contributed by atoms with Gasteiger partial charge in [-0.2, -0.15) is 0 Å². The molecule has 1 amide bonds. The summed E-state index contributed by atoms with van der Waals surface area (Å²) in [5, 5.41) is 11.4. The van der Waals surface area contributed by atoms with Crippen molar-refractivity contribution in [3.63, 3.8) is 0 Å². The number of furan rings is 1. The lowest BCUT2D eigenvalue weighted by molar-refractivity contribution is -0.131. The molecule has 0 radical (unpaired) electrons. The van der Waals surface area contributed by atoms with Gasteiger partial charge in [-0.25, -0.2) is 4.79 Å².